The predicted octanol–water partition coefficient (Wildman–Crippen LogP) is 2.92. The highest BCUT2D eigenvalue weighted by Crippen LogP contribution is 2.41. The number of nitrogens with one attached hydrogen (secondary N) is 1. The topological polar surface area (TPSA) is 85.2 Å². The summed E-state index contributed by atoms with van der Waals surface area (Å²) in [5, 5.41) is 12.1. The van der Waals surface area contributed by atoms with Crippen molar-refractivity contribution >= 4 is 23.6 Å². The molecule has 4 rings (SSSR count). The van der Waals surface area contributed by atoms with Gasteiger partial charge >= 0.3 is 0 Å². The van der Waals surface area contributed by atoms with Gasteiger partial charge in [-0.05, 0) is 43.5 Å². The van der Waals surface area contributed by atoms with Crippen LogP contribution in [0.3, 0.4) is 0 Å². The van der Waals surface area contributed by atoms with Gasteiger partial charge in [-0.15, -0.1) is 0 Å². The lowest BCUT2D eigenvalue weighted by Gasteiger charge is -2.35. The van der Waals surface area contributed by atoms with E-state index in [0.29, 0.717) is 11.1 Å². The van der Waals surface area contributed by atoms with Gasteiger partial charge in [0.1, 0.15) is 18.0 Å². The molecular weight excluding hydrogens is 364 g/mol. The van der Waals surface area contributed by atoms with Gasteiger partial charge in [-0.3, -0.25) is 4.79 Å². The van der Waals surface area contributed by atoms with Gasteiger partial charge in [0.05, 0.1) is 22.7 Å². The quantitative estimate of drug-likeness (QED) is 0.867. The van der Waals surface area contributed by atoms with E-state index < -0.39 is 0 Å². The van der Waals surface area contributed by atoms with Crippen LogP contribution in [0.25, 0.3) is 6.08 Å². The highest BCUT2D eigenvalue weighted by atomic mass is 16.2. The molecule has 2 aliphatic heterocycles. The van der Waals surface area contributed by atoms with Crippen LogP contribution in [0.1, 0.15) is 40.7 Å². The second-order valence-electron chi connectivity index (χ2n) is 7.56. The van der Waals surface area contributed by atoms with E-state index in [1.807, 2.05) is 11.9 Å². The molecule has 0 saturated carbocycles. The average Bonchev–Trinajstić information content (AvgIpc) is 3.39. The number of amides is 1. The molecule has 148 valence electrons. The summed E-state index contributed by atoms with van der Waals surface area (Å²) in [5.41, 5.74) is 1.89. The number of aromatic nitrogens is 2. The smallest absolute Gasteiger partial charge is 0.254 e. The lowest BCUT2D eigenvalue weighted by atomic mass is 9.94. The Morgan fingerprint density at radius 2 is 2.07 bits per heavy atom. The van der Waals surface area contributed by atoms with E-state index in [1.165, 1.54) is 0 Å². The summed E-state index contributed by atoms with van der Waals surface area (Å²) >= 11 is 0. The van der Waals surface area contributed by atoms with Crippen molar-refractivity contribution < 1.29 is 4.79 Å². The van der Waals surface area contributed by atoms with Crippen LogP contribution in [-0.2, 0) is 0 Å². The third-order valence-electron chi connectivity index (χ3n) is 6.04. The summed E-state index contributed by atoms with van der Waals surface area (Å²) in [6.45, 7) is 6.26. The van der Waals surface area contributed by atoms with Crippen molar-refractivity contribution in [2.75, 3.05) is 36.9 Å². The third-order valence-corrected chi connectivity index (χ3v) is 6.04. The van der Waals surface area contributed by atoms with Crippen LogP contribution in [0.5, 0.6) is 0 Å². The number of likely N-dealkylation sites (tertiary alicyclic amines) is 1. The largest absolute Gasteiger partial charge is 0.372 e. The van der Waals surface area contributed by atoms with E-state index in [1.54, 1.807) is 36.7 Å². The number of hydrogen-bond acceptors (Lipinski definition) is 6. The number of nitrogens with zero attached hydrogens (tertiary/aromatic N) is 5. The minimum atomic E-state index is -0.186. The van der Waals surface area contributed by atoms with Crippen molar-refractivity contribution in [3.05, 3.63) is 53.9 Å². The molecule has 2 aromatic rings. The number of anilines is 2. The molecule has 1 atom stereocenters. The molecule has 3 heterocycles. The fraction of sp³-hybridized carbons (Fsp3) is 0.364. The van der Waals surface area contributed by atoms with Gasteiger partial charge in [-0.2, -0.15) is 5.26 Å². The van der Waals surface area contributed by atoms with Gasteiger partial charge in [0.2, 0.25) is 0 Å². The predicted molar refractivity (Wildman–Crippen MR) is 113 cm³/mol. The number of hydrogen-bond donors (Lipinski definition) is 1. The molecule has 1 spiro atoms. The summed E-state index contributed by atoms with van der Waals surface area (Å²) in [7, 11) is 1.83. The summed E-state index contributed by atoms with van der Waals surface area (Å²) < 4.78 is 0. The summed E-state index contributed by atoms with van der Waals surface area (Å²) in [5.74, 6) is 1.65. The van der Waals surface area contributed by atoms with Crippen molar-refractivity contribution in [1.29, 1.82) is 5.26 Å². The first-order valence-corrected chi connectivity index (χ1v) is 9.84. The van der Waals surface area contributed by atoms with Crippen LogP contribution in [0.2, 0.25) is 0 Å². The molecule has 2 aliphatic rings. The van der Waals surface area contributed by atoms with Gasteiger partial charge in [0.15, 0.2) is 0 Å². The first-order chi connectivity index (χ1) is 14.1. The standard InChI is InChI=1S/C22H24N6O/c1-3-18-19(24-2)25-15-26-20(18)27-12-10-22(14-27)9-4-11-28(22)21(29)17-7-5-16(13-23)6-8-17/h3,5-8,15H,1,4,9-12,14H2,2H3,(H,24,25,26). The SMILES string of the molecule is C=Cc1c(NC)ncnc1N1CCC2(CCCN2C(=O)c2ccc(C#N)cc2)C1. The number of nitriles is 1. The molecule has 1 amide bonds. The zero-order chi connectivity index (χ0) is 20.4. The lowest BCUT2D eigenvalue weighted by Crippen LogP contribution is -2.49. The zero-order valence-electron chi connectivity index (χ0n) is 16.6. The molecule has 2 fully saturated rings. The Morgan fingerprint density at radius 1 is 1.28 bits per heavy atom. The molecule has 1 aromatic heterocycles. The van der Waals surface area contributed by atoms with Crippen LogP contribution in [-0.4, -0.2) is 53.0 Å². The summed E-state index contributed by atoms with van der Waals surface area (Å²) in [4.78, 5) is 26.3. The van der Waals surface area contributed by atoms with Gasteiger partial charge in [0.25, 0.3) is 5.91 Å². The summed E-state index contributed by atoms with van der Waals surface area (Å²) in [6.07, 6.45) is 6.23. The van der Waals surface area contributed by atoms with Gasteiger partial charge in [-0.1, -0.05) is 12.7 Å². The normalized spacial score (nSPS) is 20.7. The van der Waals surface area contributed by atoms with Gasteiger partial charge in [-0.25, -0.2) is 9.97 Å². The number of rotatable bonds is 4. The minimum Gasteiger partial charge on any atom is -0.372 e. The summed E-state index contributed by atoms with van der Waals surface area (Å²) in [6, 6.07) is 9.00. The molecule has 0 aliphatic carbocycles. The van der Waals surface area contributed by atoms with E-state index in [4.69, 9.17) is 5.26 Å². The molecule has 2 saturated heterocycles. The Labute approximate surface area is 170 Å². The third kappa shape index (κ3) is 3.21. The molecule has 0 bridgehead atoms. The van der Waals surface area contributed by atoms with Crippen molar-refractivity contribution in [3.63, 3.8) is 0 Å². The van der Waals surface area contributed by atoms with E-state index in [2.05, 4.69) is 32.8 Å². The molecule has 1 aromatic carbocycles. The highest BCUT2D eigenvalue weighted by Gasteiger charge is 2.48. The molecule has 1 N–H and O–H groups in total. The van der Waals surface area contributed by atoms with Crippen molar-refractivity contribution in [3.8, 4) is 6.07 Å². The van der Waals surface area contributed by atoms with Crippen molar-refractivity contribution in [2.45, 2.75) is 24.8 Å². The monoisotopic (exact) mass is 388 g/mol. The first-order valence-electron chi connectivity index (χ1n) is 9.84. The Bertz CT molecular complexity index is 980. The molecule has 7 nitrogen and oxygen atoms in total. The van der Waals surface area contributed by atoms with Crippen LogP contribution < -0.4 is 10.2 Å². The second kappa shape index (κ2) is 7.55. The Balaban J connectivity index is 1.60. The van der Waals surface area contributed by atoms with E-state index >= 15 is 0 Å². The van der Waals surface area contributed by atoms with Gasteiger partial charge in [0, 0.05) is 32.2 Å². The maximum absolute atomic E-state index is 13.2. The van der Waals surface area contributed by atoms with E-state index in [9.17, 15) is 4.79 Å². The first kappa shape index (κ1) is 18.9. The van der Waals surface area contributed by atoms with E-state index in [0.717, 1.165) is 56.1 Å². The van der Waals surface area contributed by atoms with Crippen LogP contribution in [0.4, 0.5) is 11.6 Å². The lowest BCUT2D eigenvalue weighted by molar-refractivity contribution is 0.0628. The van der Waals surface area contributed by atoms with Gasteiger partial charge < -0.3 is 15.1 Å². The Hall–Kier alpha value is -3.40. The second-order valence-corrected chi connectivity index (χ2v) is 7.56. The van der Waals surface area contributed by atoms with Crippen LogP contribution in [0, 0.1) is 11.3 Å². The molecule has 29 heavy (non-hydrogen) atoms. The number of benzene rings is 1. The van der Waals surface area contributed by atoms with Crippen molar-refractivity contribution in [2.24, 2.45) is 0 Å². The molecule has 0 radical (unpaired) electrons. The molecule has 7 heteroatoms. The van der Waals surface area contributed by atoms with Crippen LogP contribution >= 0.6 is 0 Å². The molecule has 1 unspecified atom stereocenters. The fourth-order valence-electron chi connectivity index (χ4n) is 4.59. The maximum Gasteiger partial charge on any atom is 0.254 e. The fourth-order valence-corrected chi connectivity index (χ4v) is 4.59. The average molecular weight is 388 g/mol. The van der Waals surface area contributed by atoms with Crippen molar-refractivity contribution in [1.82, 2.24) is 14.9 Å². The maximum atomic E-state index is 13.2. The van der Waals surface area contributed by atoms with E-state index in [-0.39, 0.29) is 11.4 Å². The Morgan fingerprint density at radius 3 is 2.76 bits per heavy atom. The Kier molecular flexibility index (Phi) is 4.93. The minimum absolute atomic E-state index is 0.0383. The zero-order valence-corrected chi connectivity index (χ0v) is 16.6. The van der Waals surface area contributed by atoms with Crippen LogP contribution in [0.15, 0.2) is 37.2 Å². The molecular formula is C22H24N6O. The number of carbonyl (C=O) groups excluding carboxylic acids is 1. The number of carbonyl (C=O) groups is 1. The highest BCUT2D eigenvalue weighted by molar-refractivity contribution is 5.95.